The smallest absolute Gasteiger partial charge is 0.225 e. The Bertz CT molecular complexity index is 852. The Morgan fingerprint density at radius 3 is 2.46 bits per heavy atom. The molecular weight excluding hydrogens is 388 g/mol. The van der Waals surface area contributed by atoms with Gasteiger partial charge in [-0.15, -0.1) is 0 Å². The predicted molar refractivity (Wildman–Crippen MR) is 112 cm³/mol. The Hall–Kier alpha value is -2.40. The van der Waals surface area contributed by atoms with E-state index in [0.29, 0.717) is 18.5 Å². The van der Waals surface area contributed by atoms with Crippen molar-refractivity contribution < 1.29 is 0 Å². The molecule has 4 nitrogen and oxygen atoms in total. The summed E-state index contributed by atoms with van der Waals surface area (Å²) < 4.78 is 1.09. The average Bonchev–Trinajstić information content (AvgIpc) is 2.68. The van der Waals surface area contributed by atoms with E-state index in [2.05, 4.69) is 63.6 Å². The molecule has 0 saturated carbocycles. The summed E-state index contributed by atoms with van der Waals surface area (Å²) in [7, 11) is 0. The Morgan fingerprint density at radius 2 is 1.73 bits per heavy atom. The van der Waals surface area contributed by atoms with Crippen molar-refractivity contribution in [3.8, 4) is 11.3 Å². The van der Waals surface area contributed by atoms with E-state index in [1.54, 1.807) is 0 Å². The van der Waals surface area contributed by atoms with Gasteiger partial charge in [-0.05, 0) is 25.0 Å². The number of rotatable bonds is 7. The monoisotopic (exact) mass is 410 g/mol. The summed E-state index contributed by atoms with van der Waals surface area (Å²) in [6.07, 6.45) is 1.01. The molecule has 0 aliphatic heterocycles. The molecule has 0 fully saturated rings. The van der Waals surface area contributed by atoms with E-state index in [0.717, 1.165) is 28.0 Å². The molecule has 3 rings (SSSR count). The molecule has 0 amide bonds. The molecule has 0 aliphatic rings. The van der Waals surface area contributed by atoms with Gasteiger partial charge in [0.05, 0.1) is 5.69 Å². The molecule has 1 heterocycles. The van der Waals surface area contributed by atoms with Crippen molar-refractivity contribution in [2.75, 3.05) is 10.6 Å². The van der Waals surface area contributed by atoms with Gasteiger partial charge in [0.25, 0.3) is 0 Å². The van der Waals surface area contributed by atoms with Gasteiger partial charge in [-0.25, -0.2) is 4.98 Å². The van der Waals surface area contributed by atoms with Crippen LogP contribution in [0.5, 0.6) is 0 Å². The summed E-state index contributed by atoms with van der Waals surface area (Å²) in [5.74, 6) is 1.45. The van der Waals surface area contributed by atoms with Crippen molar-refractivity contribution in [2.45, 2.75) is 32.9 Å². The normalized spacial score (nSPS) is 11.8. The number of nitrogens with one attached hydrogen (secondary N) is 2. The van der Waals surface area contributed by atoms with Crippen molar-refractivity contribution in [2.24, 2.45) is 0 Å². The summed E-state index contributed by atoms with van der Waals surface area (Å²) in [5.41, 5.74) is 3.16. The maximum atomic E-state index is 4.69. The maximum Gasteiger partial charge on any atom is 0.225 e. The first-order valence-electron chi connectivity index (χ1n) is 8.84. The molecule has 26 heavy (non-hydrogen) atoms. The Morgan fingerprint density at radius 1 is 1.00 bits per heavy atom. The number of aromatic nitrogens is 2. The summed E-state index contributed by atoms with van der Waals surface area (Å²) in [6.45, 7) is 4.97. The molecule has 0 bridgehead atoms. The van der Waals surface area contributed by atoms with E-state index in [4.69, 9.17) is 4.98 Å². The Balaban J connectivity index is 1.88. The SMILES string of the molecule is CC[C@@H](C)Nc1nc(NCc2ccccc2Br)cc(-c2ccccc2)n1. The highest BCUT2D eigenvalue weighted by atomic mass is 79.9. The zero-order valence-electron chi connectivity index (χ0n) is 15.0. The third-order valence-electron chi connectivity index (χ3n) is 4.20. The summed E-state index contributed by atoms with van der Waals surface area (Å²) >= 11 is 3.59. The second-order valence-corrected chi connectivity index (χ2v) is 7.08. The van der Waals surface area contributed by atoms with Crippen LogP contribution in [-0.2, 0) is 6.54 Å². The molecule has 2 aromatic carbocycles. The van der Waals surface area contributed by atoms with E-state index in [1.165, 1.54) is 5.56 Å². The lowest BCUT2D eigenvalue weighted by atomic mass is 10.1. The van der Waals surface area contributed by atoms with Crippen LogP contribution in [0.15, 0.2) is 65.1 Å². The Labute approximate surface area is 163 Å². The molecule has 1 atom stereocenters. The lowest BCUT2D eigenvalue weighted by molar-refractivity contribution is 0.753. The molecule has 5 heteroatoms. The maximum absolute atomic E-state index is 4.69. The van der Waals surface area contributed by atoms with Crippen molar-refractivity contribution in [3.63, 3.8) is 0 Å². The van der Waals surface area contributed by atoms with Gasteiger partial charge in [0.15, 0.2) is 0 Å². The number of anilines is 2. The van der Waals surface area contributed by atoms with Gasteiger partial charge >= 0.3 is 0 Å². The van der Waals surface area contributed by atoms with Gasteiger partial charge in [-0.2, -0.15) is 4.98 Å². The van der Waals surface area contributed by atoms with E-state index < -0.39 is 0 Å². The van der Waals surface area contributed by atoms with Crippen molar-refractivity contribution in [3.05, 3.63) is 70.7 Å². The van der Waals surface area contributed by atoms with Crippen molar-refractivity contribution in [1.29, 1.82) is 0 Å². The van der Waals surface area contributed by atoms with E-state index >= 15 is 0 Å². The fourth-order valence-corrected chi connectivity index (χ4v) is 2.93. The van der Waals surface area contributed by atoms with Gasteiger partial charge in [0, 0.05) is 28.7 Å². The number of benzene rings is 2. The standard InChI is InChI=1S/C21H23BrN4/c1-3-15(2)24-21-25-19(16-9-5-4-6-10-16)13-20(26-21)23-14-17-11-7-8-12-18(17)22/h4-13,15H,3,14H2,1-2H3,(H2,23,24,25,26)/t15-/m1/s1. The van der Waals surface area contributed by atoms with Crippen LogP contribution in [0.25, 0.3) is 11.3 Å². The van der Waals surface area contributed by atoms with Crippen LogP contribution in [0.1, 0.15) is 25.8 Å². The second kappa shape index (κ2) is 8.81. The van der Waals surface area contributed by atoms with Gasteiger partial charge < -0.3 is 10.6 Å². The van der Waals surface area contributed by atoms with Gasteiger partial charge in [0.2, 0.25) is 5.95 Å². The lowest BCUT2D eigenvalue weighted by Gasteiger charge is -2.15. The van der Waals surface area contributed by atoms with E-state index in [9.17, 15) is 0 Å². The molecule has 134 valence electrons. The Kier molecular flexibility index (Phi) is 6.23. The summed E-state index contributed by atoms with van der Waals surface area (Å²) in [6, 6.07) is 20.7. The average molecular weight is 411 g/mol. The fraction of sp³-hybridized carbons (Fsp3) is 0.238. The largest absolute Gasteiger partial charge is 0.366 e. The molecular formula is C21H23BrN4. The topological polar surface area (TPSA) is 49.8 Å². The van der Waals surface area contributed by atoms with Crippen LogP contribution in [0.4, 0.5) is 11.8 Å². The molecule has 0 aliphatic carbocycles. The van der Waals surface area contributed by atoms with E-state index in [1.807, 2.05) is 42.5 Å². The van der Waals surface area contributed by atoms with E-state index in [-0.39, 0.29) is 0 Å². The highest BCUT2D eigenvalue weighted by Crippen LogP contribution is 2.23. The van der Waals surface area contributed by atoms with Crippen LogP contribution in [-0.4, -0.2) is 16.0 Å². The third kappa shape index (κ3) is 4.82. The molecule has 0 spiro atoms. The lowest BCUT2D eigenvalue weighted by Crippen LogP contribution is -2.16. The first-order valence-corrected chi connectivity index (χ1v) is 9.63. The highest BCUT2D eigenvalue weighted by molar-refractivity contribution is 9.10. The van der Waals surface area contributed by atoms with Gasteiger partial charge in [-0.3, -0.25) is 0 Å². The number of hydrogen-bond donors (Lipinski definition) is 2. The summed E-state index contributed by atoms with van der Waals surface area (Å²) in [4.78, 5) is 9.34. The van der Waals surface area contributed by atoms with Gasteiger partial charge in [-0.1, -0.05) is 71.4 Å². The number of halogens is 1. The quantitative estimate of drug-likeness (QED) is 0.522. The molecule has 3 aromatic rings. The van der Waals surface area contributed by atoms with Crippen molar-refractivity contribution >= 4 is 27.7 Å². The molecule has 1 aromatic heterocycles. The van der Waals surface area contributed by atoms with Crippen LogP contribution >= 0.6 is 15.9 Å². The minimum Gasteiger partial charge on any atom is -0.366 e. The fourth-order valence-electron chi connectivity index (χ4n) is 2.51. The predicted octanol–water partition coefficient (Wildman–Crippen LogP) is 5.73. The number of nitrogens with zero attached hydrogens (tertiary/aromatic N) is 2. The highest BCUT2D eigenvalue weighted by Gasteiger charge is 2.09. The minimum absolute atomic E-state index is 0.317. The van der Waals surface area contributed by atoms with Gasteiger partial charge in [0.1, 0.15) is 5.82 Å². The first kappa shape index (κ1) is 18.4. The number of hydrogen-bond acceptors (Lipinski definition) is 4. The molecule has 0 saturated heterocycles. The van der Waals surface area contributed by atoms with Crippen molar-refractivity contribution in [1.82, 2.24) is 9.97 Å². The van der Waals surface area contributed by atoms with Crippen LogP contribution in [0.2, 0.25) is 0 Å². The second-order valence-electron chi connectivity index (χ2n) is 6.23. The molecule has 0 radical (unpaired) electrons. The molecule has 2 N–H and O–H groups in total. The first-order chi connectivity index (χ1) is 12.7. The third-order valence-corrected chi connectivity index (χ3v) is 4.97. The zero-order valence-corrected chi connectivity index (χ0v) is 16.6. The summed E-state index contributed by atoms with van der Waals surface area (Å²) in [5, 5.41) is 6.80. The van der Waals surface area contributed by atoms with Crippen LogP contribution < -0.4 is 10.6 Å². The zero-order chi connectivity index (χ0) is 18.4. The van der Waals surface area contributed by atoms with Crippen LogP contribution in [0.3, 0.4) is 0 Å². The molecule has 0 unspecified atom stereocenters. The van der Waals surface area contributed by atoms with Crippen LogP contribution in [0, 0.1) is 0 Å². The minimum atomic E-state index is 0.317.